The van der Waals surface area contributed by atoms with E-state index in [9.17, 15) is 18.0 Å². The standard InChI is InChI=1S/C19H17F3N2O/c1-19(2,13-9-23-15-6-4-3-5-11(13)15)10-24-18(25)12-7-8-14(20)17(22)16(12)21/h3-9,23H,10H2,1-2H3,(H,24,25). The second-order valence-electron chi connectivity index (χ2n) is 6.54. The Morgan fingerprint density at radius 3 is 2.56 bits per heavy atom. The third kappa shape index (κ3) is 3.12. The summed E-state index contributed by atoms with van der Waals surface area (Å²) in [6.45, 7) is 4.07. The predicted molar refractivity (Wildman–Crippen MR) is 90.0 cm³/mol. The first-order chi connectivity index (χ1) is 11.8. The number of para-hydroxylation sites is 1. The highest BCUT2D eigenvalue weighted by Gasteiger charge is 2.26. The molecule has 1 heterocycles. The monoisotopic (exact) mass is 346 g/mol. The lowest BCUT2D eigenvalue weighted by atomic mass is 9.84. The summed E-state index contributed by atoms with van der Waals surface area (Å²) in [4.78, 5) is 15.3. The van der Waals surface area contributed by atoms with E-state index in [1.54, 1.807) is 0 Å². The number of H-pyrrole nitrogens is 1. The van der Waals surface area contributed by atoms with Crippen molar-refractivity contribution in [1.29, 1.82) is 0 Å². The van der Waals surface area contributed by atoms with Gasteiger partial charge in [0.15, 0.2) is 17.5 Å². The summed E-state index contributed by atoms with van der Waals surface area (Å²) >= 11 is 0. The first-order valence-corrected chi connectivity index (χ1v) is 7.79. The SMILES string of the molecule is CC(C)(CNC(=O)c1ccc(F)c(F)c1F)c1c[nH]c2ccccc12. The molecule has 3 rings (SSSR count). The van der Waals surface area contributed by atoms with Gasteiger partial charge in [0.25, 0.3) is 5.91 Å². The van der Waals surface area contributed by atoms with Crippen LogP contribution in [0.25, 0.3) is 10.9 Å². The summed E-state index contributed by atoms with van der Waals surface area (Å²) in [5.74, 6) is -5.25. The zero-order valence-corrected chi connectivity index (χ0v) is 13.8. The summed E-state index contributed by atoms with van der Waals surface area (Å²) in [6.07, 6.45) is 1.87. The van der Waals surface area contributed by atoms with Gasteiger partial charge in [0.1, 0.15) is 0 Å². The zero-order chi connectivity index (χ0) is 18.2. The van der Waals surface area contributed by atoms with Crippen LogP contribution in [0.1, 0.15) is 29.8 Å². The Bertz CT molecular complexity index is 947. The van der Waals surface area contributed by atoms with E-state index < -0.39 is 34.3 Å². The largest absolute Gasteiger partial charge is 0.361 e. The van der Waals surface area contributed by atoms with E-state index in [-0.39, 0.29) is 6.54 Å². The van der Waals surface area contributed by atoms with Crippen molar-refractivity contribution in [2.24, 2.45) is 0 Å². The molecule has 130 valence electrons. The summed E-state index contributed by atoms with van der Waals surface area (Å²) < 4.78 is 40.0. The fourth-order valence-corrected chi connectivity index (χ4v) is 2.82. The van der Waals surface area contributed by atoms with Crippen molar-refractivity contribution >= 4 is 16.8 Å². The molecule has 0 radical (unpaired) electrons. The Hall–Kier alpha value is -2.76. The minimum Gasteiger partial charge on any atom is -0.361 e. The van der Waals surface area contributed by atoms with Crippen LogP contribution in [0.3, 0.4) is 0 Å². The van der Waals surface area contributed by atoms with E-state index in [2.05, 4.69) is 10.3 Å². The molecule has 0 aliphatic rings. The van der Waals surface area contributed by atoms with Crippen LogP contribution < -0.4 is 5.32 Å². The molecule has 0 fully saturated rings. The molecule has 25 heavy (non-hydrogen) atoms. The molecule has 0 saturated carbocycles. The molecule has 0 atom stereocenters. The molecule has 6 heteroatoms. The van der Waals surface area contributed by atoms with Crippen molar-refractivity contribution in [3.05, 3.63) is 71.2 Å². The van der Waals surface area contributed by atoms with Gasteiger partial charge in [-0.1, -0.05) is 32.0 Å². The maximum Gasteiger partial charge on any atom is 0.254 e. The number of carbonyl (C=O) groups excluding carboxylic acids is 1. The number of rotatable bonds is 4. The number of benzene rings is 2. The molecule has 2 aromatic carbocycles. The maximum absolute atomic E-state index is 13.7. The molecule has 0 aliphatic carbocycles. The predicted octanol–water partition coefficient (Wildman–Crippen LogP) is 4.29. The lowest BCUT2D eigenvalue weighted by Crippen LogP contribution is -2.37. The Kier molecular flexibility index (Phi) is 4.29. The second kappa shape index (κ2) is 6.27. The molecular formula is C19H17F3N2O. The fraction of sp³-hybridized carbons (Fsp3) is 0.211. The van der Waals surface area contributed by atoms with Gasteiger partial charge in [0.2, 0.25) is 0 Å². The molecule has 0 aliphatic heterocycles. The van der Waals surface area contributed by atoms with Crippen LogP contribution in [0.2, 0.25) is 0 Å². The minimum atomic E-state index is -1.65. The van der Waals surface area contributed by atoms with Crippen LogP contribution in [0.4, 0.5) is 13.2 Å². The quantitative estimate of drug-likeness (QED) is 0.680. The van der Waals surface area contributed by atoms with Gasteiger partial charge in [-0.2, -0.15) is 0 Å². The van der Waals surface area contributed by atoms with Gasteiger partial charge >= 0.3 is 0 Å². The van der Waals surface area contributed by atoms with E-state index in [1.165, 1.54) is 0 Å². The number of aromatic nitrogens is 1. The van der Waals surface area contributed by atoms with Gasteiger partial charge in [-0.15, -0.1) is 0 Å². The highest BCUT2D eigenvalue weighted by atomic mass is 19.2. The summed E-state index contributed by atoms with van der Waals surface area (Å²) in [5.41, 5.74) is 0.996. The molecule has 3 aromatic rings. The molecule has 2 N–H and O–H groups in total. The van der Waals surface area contributed by atoms with E-state index in [1.807, 2.05) is 44.3 Å². The number of aromatic amines is 1. The molecule has 3 nitrogen and oxygen atoms in total. The van der Waals surface area contributed by atoms with Gasteiger partial charge in [0, 0.05) is 29.1 Å². The van der Waals surface area contributed by atoms with Gasteiger partial charge in [0.05, 0.1) is 5.56 Å². The molecule has 1 aromatic heterocycles. The van der Waals surface area contributed by atoms with Crippen molar-refractivity contribution in [2.75, 3.05) is 6.54 Å². The number of hydrogen-bond donors (Lipinski definition) is 2. The Labute approximate surface area is 142 Å². The highest BCUT2D eigenvalue weighted by Crippen LogP contribution is 2.30. The maximum atomic E-state index is 13.7. The van der Waals surface area contributed by atoms with Gasteiger partial charge in [-0.25, -0.2) is 13.2 Å². The average molecular weight is 346 g/mol. The van der Waals surface area contributed by atoms with Crippen LogP contribution in [0.15, 0.2) is 42.6 Å². The van der Waals surface area contributed by atoms with Gasteiger partial charge in [-0.05, 0) is 23.8 Å². The Balaban J connectivity index is 1.80. The fourth-order valence-electron chi connectivity index (χ4n) is 2.82. The average Bonchev–Trinajstić information content (AvgIpc) is 3.03. The normalized spacial score (nSPS) is 11.7. The number of halogens is 3. The first kappa shape index (κ1) is 17.1. The summed E-state index contributed by atoms with van der Waals surface area (Å²) in [6, 6.07) is 9.43. The van der Waals surface area contributed by atoms with Crippen LogP contribution >= 0.6 is 0 Å². The number of fused-ring (bicyclic) bond motifs is 1. The number of amides is 1. The second-order valence-corrected chi connectivity index (χ2v) is 6.54. The smallest absolute Gasteiger partial charge is 0.254 e. The van der Waals surface area contributed by atoms with Crippen LogP contribution in [-0.2, 0) is 5.41 Å². The van der Waals surface area contributed by atoms with Crippen LogP contribution in [-0.4, -0.2) is 17.4 Å². The summed E-state index contributed by atoms with van der Waals surface area (Å²) in [5, 5.41) is 3.63. The van der Waals surface area contributed by atoms with Gasteiger partial charge in [-0.3, -0.25) is 4.79 Å². The zero-order valence-electron chi connectivity index (χ0n) is 13.8. The molecule has 0 saturated heterocycles. The van der Waals surface area contributed by atoms with Crippen LogP contribution in [0.5, 0.6) is 0 Å². The van der Waals surface area contributed by atoms with Crippen molar-refractivity contribution in [3.63, 3.8) is 0 Å². The summed E-state index contributed by atoms with van der Waals surface area (Å²) in [7, 11) is 0. The number of carbonyl (C=O) groups is 1. The highest BCUT2D eigenvalue weighted by molar-refractivity contribution is 5.94. The Morgan fingerprint density at radius 2 is 1.80 bits per heavy atom. The first-order valence-electron chi connectivity index (χ1n) is 7.79. The molecule has 0 unspecified atom stereocenters. The molecule has 0 spiro atoms. The van der Waals surface area contributed by atoms with Crippen molar-refractivity contribution in [1.82, 2.24) is 10.3 Å². The van der Waals surface area contributed by atoms with Gasteiger partial charge < -0.3 is 10.3 Å². The molecule has 1 amide bonds. The third-order valence-corrected chi connectivity index (χ3v) is 4.29. The van der Waals surface area contributed by atoms with E-state index in [4.69, 9.17) is 0 Å². The lowest BCUT2D eigenvalue weighted by Gasteiger charge is -2.25. The minimum absolute atomic E-state index is 0.201. The number of nitrogens with one attached hydrogen (secondary N) is 2. The third-order valence-electron chi connectivity index (χ3n) is 4.29. The lowest BCUT2D eigenvalue weighted by molar-refractivity contribution is 0.0940. The van der Waals surface area contributed by atoms with Crippen molar-refractivity contribution in [2.45, 2.75) is 19.3 Å². The van der Waals surface area contributed by atoms with Crippen molar-refractivity contribution < 1.29 is 18.0 Å². The van der Waals surface area contributed by atoms with E-state index in [0.29, 0.717) is 0 Å². The molecule has 0 bridgehead atoms. The number of hydrogen-bond acceptors (Lipinski definition) is 1. The van der Waals surface area contributed by atoms with E-state index >= 15 is 0 Å². The topological polar surface area (TPSA) is 44.9 Å². The van der Waals surface area contributed by atoms with Crippen LogP contribution in [0, 0.1) is 17.5 Å². The van der Waals surface area contributed by atoms with Crippen molar-refractivity contribution in [3.8, 4) is 0 Å². The van der Waals surface area contributed by atoms with E-state index in [0.717, 1.165) is 28.6 Å². The molecular weight excluding hydrogens is 329 g/mol. The Morgan fingerprint density at radius 1 is 1.08 bits per heavy atom.